The lowest BCUT2D eigenvalue weighted by atomic mass is 10.1. The van der Waals surface area contributed by atoms with Crippen molar-refractivity contribution >= 4 is 24.5 Å². The van der Waals surface area contributed by atoms with Crippen LogP contribution in [-0.4, -0.2) is 24.6 Å². The number of carbonyl (C=O) groups is 2. The molecule has 0 bridgehead atoms. The number of unbranched alkanes of at least 4 members (excludes halogenated alkanes) is 1. The fraction of sp³-hybridized carbons (Fsp3) is 0.333. The summed E-state index contributed by atoms with van der Waals surface area (Å²) in [5.74, 6) is -0.479. The minimum atomic E-state index is -0.761. The fourth-order valence-electron chi connectivity index (χ4n) is 2.48. The van der Waals surface area contributed by atoms with Crippen molar-refractivity contribution in [3.8, 4) is 0 Å². The number of hydrogen-bond donors (Lipinski definition) is 2. The molecule has 0 saturated heterocycles. The van der Waals surface area contributed by atoms with Gasteiger partial charge in [0.15, 0.2) is 0 Å². The van der Waals surface area contributed by atoms with Crippen molar-refractivity contribution < 1.29 is 19.1 Å². The van der Waals surface area contributed by atoms with E-state index in [1.807, 2.05) is 60.7 Å². The summed E-state index contributed by atoms with van der Waals surface area (Å²) in [6.45, 7) is 0.833. The van der Waals surface area contributed by atoms with Gasteiger partial charge in [0.2, 0.25) is 0 Å². The van der Waals surface area contributed by atoms with Crippen molar-refractivity contribution in [2.45, 2.75) is 38.5 Å². The van der Waals surface area contributed by atoms with Crippen LogP contribution >= 0.6 is 12.4 Å². The molecule has 3 N–H and O–H groups in total. The van der Waals surface area contributed by atoms with Gasteiger partial charge in [-0.1, -0.05) is 60.7 Å². The van der Waals surface area contributed by atoms with Crippen molar-refractivity contribution in [3.05, 3.63) is 71.8 Å². The molecule has 0 saturated carbocycles. The molecule has 0 aromatic heterocycles. The predicted octanol–water partition coefficient (Wildman–Crippen LogP) is 3.58. The van der Waals surface area contributed by atoms with Crippen LogP contribution in [0.1, 0.15) is 30.4 Å². The standard InChI is InChI=1S/C21H26N2O4.ClH/c22-14-8-7-13-19(20(24)26-15-17-9-3-1-4-10-17)23-21(25)27-16-18-11-5-2-6-12-18;/h1-6,9-12,19H,7-8,13-16,22H2,(H,23,25);1H. The third kappa shape index (κ3) is 8.88. The van der Waals surface area contributed by atoms with Crippen molar-refractivity contribution in [3.63, 3.8) is 0 Å². The van der Waals surface area contributed by atoms with Gasteiger partial charge in [0.05, 0.1) is 0 Å². The normalized spacial score (nSPS) is 11.0. The summed E-state index contributed by atoms with van der Waals surface area (Å²) in [6.07, 6.45) is 1.28. The Balaban J connectivity index is 0.00000392. The second kappa shape index (κ2) is 13.6. The van der Waals surface area contributed by atoms with Crippen molar-refractivity contribution in [2.75, 3.05) is 6.54 Å². The molecular formula is C21H27ClN2O4. The van der Waals surface area contributed by atoms with Gasteiger partial charge in [0, 0.05) is 0 Å². The highest BCUT2D eigenvalue weighted by molar-refractivity contribution is 5.85. The molecule has 1 atom stereocenters. The number of benzene rings is 2. The first-order valence-corrected chi connectivity index (χ1v) is 9.07. The second-order valence-corrected chi connectivity index (χ2v) is 6.14. The molecule has 1 amide bonds. The smallest absolute Gasteiger partial charge is 0.408 e. The first-order valence-electron chi connectivity index (χ1n) is 9.07. The molecule has 0 aliphatic heterocycles. The lowest BCUT2D eigenvalue weighted by molar-refractivity contribution is -0.147. The maximum atomic E-state index is 12.4. The third-order valence-electron chi connectivity index (χ3n) is 3.96. The van der Waals surface area contributed by atoms with E-state index in [1.54, 1.807) is 0 Å². The molecule has 0 heterocycles. The van der Waals surface area contributed by atoms with Gasteiger partial charge in [-0.25, -0.2) is 9.59 Å². The molecule has 2 rings (SSSR count). The molecule has 0 aliphatic carbocycles. The quantitative estimate of drug-likeness (QED) is 0.465. The van der Waals surface area contributed by atoms with E-state index in [1.165, 1.54) is 0 Å². The van der Waals surface area contributed by atoms with Gasteiger partial charge >= 0.3 is 12.1 Å². The third-order valence-corrected chi connectivity index (χ3v) is 3.96. The molecular weight excluding hydrogens is 380 g/mol. The van der Waals surface area contributed by atoms with E-state index in [-0.39, 0.29) is 25.6 Å². The van der Waals surface area contributed by atoms with Gasteiger partial charge in [-0.05, 0) is 36.9 Å². The number of alkyl carbamates (subject to hydrolysis) is 1. The fourth-order valence-corrected chi connectivity index (χ4v) is 2.48. The first-order chi connectivity index (χ1) is 13.2. The van der Waals surface area contributed by atoms with Crippen LogP contribution < -0.4 is 11.1 Å². The summed E-state index contributed by atoms with van der Waals surface area (Å²) in [5, 5.41) is 2.61. The Morgan fingerprint density at radius 2 is 1.39 bits per heavy atom. The van der Waals surface area contributed by atoms with E-state index < -0.39 is 18.1 Å². The van der Waals surface area contributed by atoms with Crippen LogP contribution in [-0.2, 0) is 27.5 Å². The van der Waals surface area contributed by atoms with Crippen LogP contribution in [0, 0.1) is 0 Å². The molecule has 0 fully saturated rings. The van der Waals surface area contributed by atoms with Crippen molar-refractivity contribution in [1.82, 2.24) is 5.32 Å². The predicted molar refractivity (Wildman–Crippen MR) is 110 cm³/mol. The van der Waals surface area contributed by atoms with Gasteiger partial charge in [-0.3, -0.25) is 0 Å². The maximum absolute atomic E-state index is 12.4. The Morgan fingerprint density at radius 1 is 0.857 bits per heavy atom. The molecule has 0 radical (unpaired) electrons. The monoisotopic (exact) mass is 406 g/mol. The second-order valence-electron chi connectivity index (χ2n) is 6.14. The van der Waals surface area contributed by atoms with E-state index >= 15 is 0 Å². The number of carbonyl (C=O) groups excluding carboxylic acids is 2. The molecule has 0 aliphatic rings. The lowest BCUT2D eigenvalue weighted by Crippen LogP contribution is -2.42. The minimum absolute atomic E-state index is 0. The maximum Gasteiger partial charge on any atom is 0.408 e. The Labute approximate surface area is 171 Å². The molecule has 2 aromatic carbocycles. The van der Waals surface area contributed by atoms with Crippen LogP contribution in [0.2, 0.25) is 0 Å². The van der Waals surface area contributed by atoms with Gasteiger partial charge < -0.3 is 20.5 Å². The van der Waals surface area contributed by atoms with E-state index in [4.69, 9.17) is 15.2 Å². The van der Waals surface area contributed by atoms with Gasteiger partial charge in [0.1, 0.15) is 19.3 Å². The zero-order valence-electron chi connectivity index (χ0n) is 15.7. The average molecular weight is 407 g/mol. The Morgan fingerprint density at radius 3 is 1.93 bits per heavy atom. The number of amides is 1. The summed E-state index contributed by atoms with van der Waals surface area (Å²) in [7, 11) is 0. The van der Waals surface area contributed by atoms with E-state index in [2.05, 4.69) is 5.32 Å². The lowest BCUT2D eigenvalue weighted by Gasteiger charge is -2.17. The van der Waals surface area contributed by atoms with Gasteiger partial charge in [-0.2, -0.15) is 0 Å². The summed E-state index contributed by atoms with van der Waals surface area (Å²) < 4.78 is 10.5. The van der Waals surface area contributed by atoms with E-state index in [9.17, 15) is 9.59 Å². The van der Waals surface area contributed by atoms with Crippen LogP contribution in [0.15, 0.2) is 60.7 Å². The molecule has 28 heavy (non-hydrogen) atoms. The number of halogens is 1. The summed E-state index contributed by atoms with van der Waals surface area (Å²) in [6, 6.07) is 18.0. The van der Waals surface area contributed by atoms with Crippen molar-refractivity contribution in [2.24, 2.45) is 5.73 Å². The summed E-state index contributed by atoms with van der Waals surface area (Å²) in [5.41, 5.74) is 7.27. The van der Waals surface area contributed by atoms with Gasteiger partial charge in [0.25, 0.3) is 0 Å². The minimum Gasteiger partial charge on any atom is -0.459 e. The Bertz CT molecular complexity index is 698. The number of nitrogens with one attached hydrogen (secondary N) is 1. The number of hydrogen-bond acceptors (Lipinski definition) is 5. The average Bonchev–Trinajstić information content (AvgIpc) is 2.71. The highest BCUT2D eigenvalue weighted by Gasteiger charge is 2.22. The van der Waals surface area contributed by atoms with E-state index in [0.717, 1.165) is 17.5 Å². The van der Waals surface area contributed by atoms with Crippen LogP contribution in [0.25, 0.3) is 0 Å². The summed E-state index contributed by atoms with van der Waals surface area (Å²) in [4.78, 5) is 24.5. The highest BCUT2D eigenvalue weighted by atomic mass is 35.5. The van der Waals surface area contributed by atoms with Crippen LogP contribution in [0.5, 0.6) is 0 Å². The first kappa shape index (κ1) is 23.5. The molecule has 6 nitrogen and oxygen atoms in total. The SMILES string of the molecule is Cl.NCCCCC(NC(=O)OCc1ccccc1)C(=O)OCc1ccccc1. The van der Waals surface area contributed by atoms with Gasteiger partial charge in [-0.15, -0.1) is 12.4 Å². The van der Waals surface area contributed by atoms with Crippen molar-refractivity contribution in [1.29, 1.82) is 0 Å². The molecule has 152 valence electrons. The Kier molecular flexibility index (Phi) is 11.4. The Hall–Kier alpha value is -2.57. The zero-order valence-corrected chi connectivity index (χ0v) is 16.5. The summed E-state index contributed by atoms with van der Waals surface area (Å²) >= 11 is 0. The molecule has 7 heteroatoms. The zero-order chi connectivity index (χ0) is 19.3. The number of nitrogens with two attached hydrogens (primary N) is 1. The largest absolute Gasteiger partial charge is 0.459 e. The molecule has 2 aromatic rings. The topological polar surface area (TPSA) is 90.6 Å². The van der Waals surface area contributed by atoms with Crippen LogP contribution in [0.3, 0.4) is 0 Å². The number of esters is 1. The number of rotatable bonds is 10. The molecule has 0 spiro atoms. The van der Waals surface area contributed by atoms with Crippen LogP contribution in [0.4, 0.5) is 4.79 Å². The molecule has 1 unspecified atom stereocenters. The van der Waals surface area contributed by atoms with E-state index in [0.29, 0.717) is 19.4 Å². The highest BCUT2D eigenvalue weighted by Crippen LogP contribution is 2.07. The number of ether oxygens (including phenoxy) is 2.